The van der Waals surface area contributed by atoms with Crippen molar-refractivity contribution >= 4 is 17.7 Å². The van der Waals surface area contributed by atoms with Crippen LogP contribution in [0.1, 0.15) is 42.9 Å². The van der Waals surface area contributed by atoms with Crippen LogP contribution >= 0.6 is 11.8 Å². The molecule has 0 radical (unpaired) electrons. The molecule has 1 aliphatic carbocycles. The van der Waals surface area contributed by atoms with Crippen molar-refractivity contribution in [2.75, 3.05) is 24.8 Å². The summed E-state index contributed by atoms with van der Waals surface area (Å²) in [4.78, 5) is 2.33. The van der Waals surface area contributed by atoms with Gasteiger partial charge in [-0.25, -0.2) is 4.39 Å². The van der Waals surface area contributed by atoms with Crippen molar-refractivity contribution < 1.29 is 13.9 Å². The number of nitrogens with zero attached hydrogens (tertiary/aromatic N) is 4. The quantitative estimate of drug-likeness (QED) is 0.745. The lowest BCUT2D eigenvalue weighted by Gasteiger charge is -2.21. The SMILES string of the molecule is Fc1cc2c(c(CSc3nnc(N4CCCC4)n3C3CC3)c1)OCOC2. The Morgan fingerprint density at radius 2 is 2.04 bits per heavy atom. The Bertz CT molecular complexity index is 818. The Morgan fingerprint density at radius 1 is 1.19 bits per heavy atom. The van der Waals surface area contributed by atoms with Gasteiger partial charge in [0.15, 0.2) is 11.9 Å². The third kappa shape index (κ3) is 3.05. The summed E-state index contributed by atoms with van der Waals surface area (Å²) in [5.74, 6) is 2.10. The molecule has 0 N–H and O–H groups in total. The molecule has 6 nitrogen and oxygen atoms in total. The Kier molecular flexibility index (Phi) is 4.24. The van der Waals surface area contributed by atoms with Crippen molar-refractivity contribution in [2.24, 2.45) is 0 Å². The molecule has 5 rings (SSSR count). The van der Waals surface area contributed by atoms with Gasteiger partial charge in [0.05, 0.1) is 6.61 Å². The zero-order valence-corrected chi connectivity index (χ0v) is 15.3. The standard InChI is InChI=1S/C18H21FN4O2S/c19-14-7-12-9-24-11-25-16(12)13(8-14)10-26-18-21-20-17(22-5-1-2-6-22)23(18)15-3-4-15/h7-8,15H,1-6,9-11H2. The second-order valence-electron chi connectivity index (χ2n) is 7.03. The average Bonchev–Trinajstić information content (AvgIpc) is 3.17. The van der Waals surface area contributed by atoms with E-state index in [1.165, 1.54) is 31.7 Å². The second kappa shape index (κ2) is 6.74. The minimum absolute atomic E-state index is 0.216. The van der Waals surface area contributed by atoms with Crippen molar-refractivity contribution in [3.8, 4) is 5.75 Å². The predicted octanol–water partition coefficient (Wildman–Crippen LogP) is 3.51. The summed E-state index contributed by atoms with van der Waals surface area (Å²) in [5, 5.41) is 9.83. The van der Waals surface area contributed by atoms with E-state index in [0.29, 0.717) is 18.4 Å². The van der Waals surface area contributed by atoms with E-state index < -0.39 is 0 Å². The molecule has 138 valence electrons. The van der Waals surface area contributed by atoms with Crippen LogP contribution in [0.2, 0.25) is 0 Å². The molecule has 2 fully saturated rings. The first kappa shape index (κ1) is 16.4. The number of fused-ring (bicyclic) bond motifs is 1. The fourth-order valence-electron chi connectivity index (χ4n) is 3.66. The maximum Gasteiger partial charge on any atom is 0.228 e. The summed E-state index contributed by atoms with van der Waals surface area (Å²) in [6.45, 7) is 2.72. The van der Waals surface area contributed by atoms with Crippen LogP contribution in [-0.4, -0.2) is 34.6 Å². The van der Waals surface area contributed by atoms with Gasteiger partial charge in [-0.1, -0.05) is 11.8 Å². The molecule has 1 saturated carbocycles. The molecule has 0 unspecified atom stereocenters. The van der Waals surface area contributed by atoms with Gasteiger partial charge in [0, 0.05) is 36.0 Å². The van der Waals surface area contributed by atoms with Gasteiger partial charge in [0.2, 0.25) is 5.95 Å². The van der Waals surface area contributed by atoms with Crippen LogP contribution in [0, 0.1) is 5.82 Å². The van der Waals surface area contributed by atoms with E-state index in [9.17, 15) is 4.39 Å². The third-order valence-electron chi connectivity index (χ3n) is 5.06. The number of hydrogen-bond acceptors (Lipinski definition) is 6. The summed E-state index contributed by atoms with van der Waals surface area (Å²) in [7, 11) is 0. The molecule has 2 aromatic rings. The predicted molar refractivity (Wildman–Crippen MR) is 96.0 cm³/mol. The van der Waals surface area contributed by atoms with E-state index in [1.54, 1.807) is 17.8 Å². The minimum Gasteiger partial charge on any atom is -0.467 e. The number of aromatic nitrogens is 3. The van der Waals surface area contributed by atoms with E-state index in [4.69, 9.17) is 9.47 Å². The summed E-state index contributed by atoms with van der Waals surface area (Å²) >= 11 is 1.60. The zero-order chi connectivity index (χ0) is 17.5. The second-order valence-corrected chi connectivity index (χ2v) is 7.97. The highest BCUT2D eigenvalue weighted by Gasteiger charge is 2.32. The van der Waals surface area contributed by atoms with Gasteiger partial charge in [0.1, 0.15) is 11.6 Å². The van der Waals surface area contributed by atoms with Gasteiger partial charge >= 0.3 is 0 Å². The smallest absolute Gasteiger partial charge is 0.228 e. The summed E-state index contributed by atoms with van der Waals surface area (Å²) < 4.78 is 27.1. The number of benzene rings is 1. The number of hydrogen-bond donors (Lipinski definition) is 0. The maximum absolute atomic E-state index is 13.9. The normalized spacial score (nSPS) is 19.5. The Labute approximate surface area is 155 Å². The number of anilines is 1. The molecular formula is C18H21FN4O2S. The van der Waals surface area contributed by atoms with Gasteiger partial charge in [-0.3, -0.25) is 4.57 Å². The molecule has 0 amide bonds. The summed E-state index contributed by atoms with van der Waals surface area (Å²) in [6, 6.07) is 3.55. The summed E-state index contributed by atoms with van der Waals surface area (Å²) in [5.41, 5.74) is 1.62. The topological polar surface area (TPSA) is 52.4 Å². The largest absolute Gasteiger partial charge is 0.467 e. The molecule has 26 heavy (non-hydrogen) atoms. The van der Waals surface area contributed by atoms with Gasteiger partial charge < -0.3 is 14.4 Å². The first-order chi connectivity index (χ1) is 12.8. The fourth-order valence-corrected chi connectivity index (χ4v) is 4.63. The molecule has 1 saturated heterocycles. The van der Waals surface area contributed by atoms with Gasteiger partial charge in [-0.15, -0.1) is 10.2 Å². The van der Waals surface area contributed by atoms with Gasteiger partial charge in [-0.05, 0) is 37.8 Å². The van der Waals surface area contributed by atoms with Crippen LogP contribution < -0.4 is 9.64 Å². The zero-order valence-electron chi connectivity index (χ0n) is 14.5. The average molecular weight is 376 g/mol. The highest BCUT2D eigenvalue weighted by Crippen LogP contribution is 2.42. The molecule has 3 heterocycles. The molecule has 0 atom stereocenters. The van der Waals surface area contributed by atoms with Crippen LogP contribution in [0.15, 0.2) is 17.3 Å². The third-order valence-corrected chi connectivity index (χ3v) is 6.05. The lowest BCUT2D eigenvalue weighted by atomic mass is 10.1. The molecule has 8 heteroatoms. The van der Waals surface area contributed by atoms with Gasteiger partial charge in [0.25, 0.3) is 0 Å². The lowest BCUT2D eigenvalue weighted by Crippen LogP contribution is -2.22. The highest BCUT2D eigenvalue weighted by molar-refractivity contribution is 7.98. The minimum atomic E-state index is -0.255. The maximum atomic E-state index is 13.9. The van der Waals surface area contributed by atoms with Crippen molar-refractivity contribution in [3.05, 3.63) is 29.1 Å². The van der Waals surface area contributed by atoms with E-state index in [0.717, 1.165) is 41.1 Å². The van der Waals surface area contributed by atoms with Crippen LogP contribution in [0.4, 0.5) is 10.3 Å². The molecular weight excluding hydrogens is 355 g/mol. The van der Waals surface area contributed by atoms with Crippen molar-refractivity contribution in [3.63, 3.8) is 0 Å². The number of rotatable bonds is 5. The molecule has 2 aliphatic heterocycles. The van der Waals surface area contributed by atoms with Crippen molar-refractivity contribution in [2.45, 2.75) is 49.2 Å². The van der Waals surface area contributed by atoms with E-state index in [-0.39, 0.29) is 12.6 Å². The van der Waals surface area contributed by atoms with Crippen LogP contribution in [-0.2, 0) is 17.1 Å². The van der Waals surface area contributed by atoms with Gasteiger partial charge in [-0.2, -0.15) is 0 Å². The lowest BCUT2D eigenvalue weighted by molar-refractivity contribution is -0.0171. The summed E-state index contributed by atoms with van der Waals surface area (Å²) in [6.07, 6.45) is 4.80. The molecule has 1 aromatic carbocycles. The van der Waals surface area contributed by atoms with Crippen LogP contribution in [0.25, 0.3) is 0 Å². The van der Waals surface area contributed by atoms with Crippen LogP contribution in [0.5, 0.6) is 5.75 Å². The first-order valence-corrected chi connectivity index (χ1v) is 10.1. The van der Waals surface area contributed by atoms with Crippen molar-refractivity contribution in [1.82, 2.24) is 14.8 Å². The van der Waals surface area contributed by atoms with E-state index >= 15 is 0 Å². The van der Waals surface area contributed by atoms with Crippen molar-refractivity contribution in [1.29, 1.82) is 0 Å². The molecule has 1 aromatic heterocycles. The molecule has 3 aliphatic rings. The monoisotopic (exact) mass is 376 g/mol. The Balaban J connectivity index is 1.40. The number of ether oxygens (including phenoxy) is 2. The van der Waals surface area contributed by atoms with Crippen LogP contribution in [0.3, 0.4) is 0 Å². The van der Waals surface area contributed by atoms with E-state index in [2.05, 4.69) is 19.7 Å². The Hall–Kier alpha value is -1.80. The number of halogens is 1. The first-order valence-electron chi connectivity index (χ1n) is 9.14. The Morgan fingerprint density at radius 3 is 2.85 bits per heavy atom. The van der Waals surface area contributed by atoms with E-state index in [1.807, 2.05) is 0 Å². The number of thioether (sulfide) groups is 1. The highest BCUT2D eigenvalue weighted by atomic mass is 32.2. The fraction of sp³-hybridized carbons (Fsp3) is 0.556. The molecule has 0 bridgehead atoms. The molecule has 0 spiro atoms.